The van der Waals surface area contributed by atoms with E-state index in [1.54, 1.807) is 12.1 Å². The quantitative estimate of drug-likeness (QED) is 0.494. The van der Waals surface area contributed by atoms with Crippen LogP contribution in [0.4, 0.5) is 0 Å². The number of rotatable bonds is 7. The Morgan fingerprint density at radius 3 is 2.26 bits per heavy atom. The maximum atomic E-state index is 12.1. The Balaban J connectivity index is 1.78. The number of hydrazine groups is 1. The van der Waals surface area contributed by atoms with Crippen LogP contribution in [0.25, 0.3) is 0 Å². The van der Waals surface area contributed by atoms with Crippen LogP contribution in [-0.4, -0.2) is 32.8 Å². The number of hydrogen-bond acceptors (Lipinski definition) is 5. The molecule has 144 valence electrons. The molecular formula is C18H22N4O4S. The van der Waals surface area contributed by atoms with Crippen LogP contribution >= 0.6 is 0 Å². The first kappa shape index (κ1) is 20.6. The minimum absolute atomic E-state index is 0.0508. The van der Waals surface area contributed by atoms with Gasteiger partial charge in [0.25, 0.3) is 11.8 Å². The maximum Gasteiger partial charge on any atom is 0.255 e. The molecular weight excluding hydrogens is 368 g/mol. The molecule has 0 saturated carbocycles. The zero-order valence-corrected chi connectivity index (χ0v) is 15.6. The Morgan fingerprint density at radius 2 is 1.63 bits per heavy atom. The predicted molar refractivity (Wildman–Crippen MR) is 101 cm³/mol. The van der Waals surface area contributed by atoms with Crippen LogP contribution in [0.1, 0.15) is 11.1 Å². The van der Waals surface area contributed by atoms with Gasteiger partial charge in [-0.2, -0.15) is 0 Å². The summed E-state index contributed by atoms with van der Waals surface area (Å²) in [6.45, 7) is 1.31. The third-order valence-electron chi connectivity index (χ3n) is 3.71. The van der Waals surface area contributed by atoms with Crippen molar-refractivity contribution in [3.05, 3.63) is 65.7 Å². The van der Waals surface area contributed by atoms with Gasteiger partial charge in [0.2, 0.25) is 10.0 Å². The Hall–Kier alpha value is -2.75. The molecule has 0 aliphatic carbocycles. The van der Waals surface area contributed by atoms with Crippen molar-refractivity contribution in [3.63, 3.8) is 0 Å². The molecule has 0 spiro atoms. The van der Waals surface area contributed by atoms with Crippen molar-refractivity contribution in [3.8, 4) is 0 Å². The molecule has 0 heterocycles. The van der Waals surface area contributed by atoms with Gasteiger partial charge in [0, 0.05) is 0 Å². The normalized spacial score (nSPS) is 12.2. The summed E-state index contributed by atoms with van der Waals surface area (Å²) in [7, 11) is -3.82. The molecule has 0 aliphatic rings. The van der Waals surface area contributed by atoms with Crippen LogP contribution in [0.3, 0.4) is 0 Å². The lowest BCUT2D eigenvalue weighted by molar-refractivity contribution is -0.129. The van der Waals surface area contributed by atoms with Crippen molar-refractivity contribution in [2.75, 3.05) is 6.54 Å². The summed E-state index contributed by atoms with van der Waals surface area (Å²) in [6, 6.07) is 14.6. The van der Waals surface area contributed by atoms with Gasteiger partial charge in [-0.1, -0.05) is 48.0 Å². The standard InChI is InChI=1S/C18H22N4O4S/c1-13-7-9-15(10-8-13)27(25,26)20-12-17(23)21-22-18(24)16(19)11-14-5-3-2-4-6-14/h2-10,16,20H,11-12,19H2,1H3,(H,21,23)(H,22,24). The van der Waals surface area contributed by atoms with E-state index < -0.39 is 34.4 Å². The van der Waals surface area contributed by atoms with Crippen molar-refractivity contribution in [2.45, 2.75) is 24.3 Å². The summed E-state index contributed by atoms with van der Waals surface area (Å²) < 4.78 is 26.4. The summed E-state index contributed by atoms with van der Waals surface area (Å²) >= 11 is 0. The number of aryl methyl sites for hydroxylation is 1. The molecule has 1 unspecified atom stereocenters. The second-order valence-corrected chi connectivity index (χ2v) is 7.74. The monoisotopic (exact) mass is 390 g/mol. The molecule has 0 aliphatic heterocycles. The van der Waals surface area contributed by atoms with Gasteiger partial charge in [0.15, 0.2) is 0 Å². The third-order valence-corrected chi connectivity index (χ3v) is 5.13. The van der Waals surface area contributed by atoms with Crippen LogP contribution in [0.15, 0.2) is 59.5 Å². The molecule has 9 heteroatoms. The van der Waals surface area contributed by atoms with Crippen molar-refractivity contribution >= 4 is 21.8 Å². The SMILES string of the molecule is Cc1ccc(S(=O)(=O)NCC(=O)NNC(=O)C(N)Cc2ccccc2)cc1. The number of amides is 2. The predicted octanol–water partition coefficient (Wildman–Crippen LogP) is -0.00928. The highest BCUT2D eigenvalue weighted by Crippen LogP contribution is 2.09. The van der Waals surface area contributed by atoms with Gasteiger partial charge in [0.05, 0.1) is 17.5 Å². The van der Waals surface area contributed by atoms with Gasteiger partial charge in [-0.25, -0.2) is 13.1 Å². The maximum absolute atomic E-state index is 12.1. The topological polar surface area (TPSA) is 130 Å². The highest BCUT2D eigenvalue weighted by Gasteiger charge is 2.17. The largest absolute Gasteiger partial charge is 0.320 e. The first-order chi connectivity index (χ1) is 12.8. The van der Waals surface area contributed by atoms with E-state index in [1.165, 1.54) is 12.1 Å². The highest BCUT2D eigenvalue weighted by atomic mass is 32.2. The fourth-order valence-electron chi connectivity index (χ4n) is 2.19. The van der Waals surface area contributed by atoms with Crippen molar-refractivity contribution < 1.29 is 18.0 Å². The lowest BCUT2D eigenvalue weighted by Gasteiger charge is -2.13. The molecule has 0 radical (unpaired) electrons. The fraction of sp³-hybridized carbons (Fsp3) is 0.222. The molecule has 1 atom stereocenters. The molecule has 5 N–H and O–H groups in total. The molecule has 2 rings (SSSR count). The first-order valence-electron chi connectivity index (χ1n) is 8.22. The number of hydrogen-bond donors (Lipinski definition) is 4. The average molecular weight is 390 g/mol. The third kappa shape index (κ3) is 6.48. The molecule has 2 aromatic carbocycles. The second-order valence-electron chi connectivity index (χ2n) is 5.97. The van der Waals surface area contributed by atoms with E-state index >= 15 is 0 Å². The summed E-state index contributed by atoms with van der Waals surface area (Å²) in [5.74, 6) is -1.29. The van der Waals surface area contributed by atoms with Gasteiger partial charge in [-0.05, 0) is 31.0 Å². The Labute approximate surface area is 158 Å². The minimum atomic E-state index is -3.82. The summed E-state index contributed by atoms with van der Waals surface area (Å²) in [5, 5.41) is 0. The van der Waals surface area contributed by atoms with Crippen LogP contribution in [0.2, 0.25) is 0 Å². The molecule has 0 saturated heterocycles. The molecule has 27 heavy (non-hydrogen) atoms. The number of sulfonamides is 1. The van der Waals surface area contributed by atoms with Crippen LogP contribution in [0, 0.1) is 6.92 Å². The number of benzene rings is 2. The zero-order valence-electron chi connectivity index (χ0n) is 14.8. The van der Waals surface area contributed by atoms with Crippen LogP contribution in [0.5, 0.6) is 0 Å². The minimum Gasteiger partial charge on any atom is -0.320 e. The number of nitrogens with one attached hydrogen (secondary N) is 3. The molecule has 0 aromatic heterocycles. The van der Waals surface area contributed by atoms with Crippen LogP contribution < -0.4 is 21.3 Å². The Kier molecular flexibility index (Phi) is 7.05. The van der Waals surface area contributed by atoms with E-state index in [9.17, 15) is 18.0 Å². The lowest BCUT2D eigenvalue weighted by atomic mass is 10.1. The average Bonchev–Trinajstić information content (AvgIpc) is 2.65. The fourth-order valence-corrected chi connectivity index (χ4v) is 3.17. The van der Waals surface area contributed by atoms with Gasteiger partial charge in [0.1, 0.15) is 0 Å². The van der Waals surface area contributed by atoms with E-state index in [0.29, 0.717) is 6.42 Å². The van der Waals surface area contributed by atoms with Gasteiger partial charge >= 0.3 is 0 Å². The molecule has 8 nitrogen and oxygen atoms in total. The van der Waals surface area contributed by atoms with E-state index in [0.717, 1.165) is 11.1 Å². The van der Waals surface area contributed by atoms with Gasteiger partial charge < -0.3 is 5.73 Å². The number of nitrogens with two attached hydrogens (primary N) is 1. The lowest BCUT2D eigenvalue weighted by Crippen LogP contribution is -2.52. The molecule has 0 bridgehead atoms. The molecule has 0 fully saturated rings. The number of carbonyl (C=O) groups is 2. The van der Waals surface area contributed by atoms with E-state index in [-0.39, 0.29) is 4.90 Å². The second kappa shape index (κ2) is 9.26. The van der Waals surface area contributed by atoms with E-state index in [4.69, 9.17) is 5.73 Å². The smallest absolute Gasteiger partial charge is 0.255 e. The summed E-state index contributed by atoms with van der Waals surface area (Å²) in [6.07, 6.45) is 0.308. The molecule has 2 amide bonds. The highest BCUT2D eigenvalue weighted by molar-refractivity contribution is 7.89. The van der Waals surface area contributed by atoms with Crippen molar-refractivity contribution in [2.24, 2.45) is 5.73 Å². The number of carbonyl (C=O) groups excluding carboxylic acids is 2. The molecule has 2 aromatic rings. The van der Waals surface area contributed by atoms with Gasteiger partial charge in [-0.3, -0.25) is 20.4 Å². The summed E-state index contributed by atoms with van der Waals surface area (Å²) in [5.41, 5.74) is 11.9. The first-order valence-corrected chi connectivity index (χ1v) is 9.71. The Morgan fingerprint density at radius 1 is 1.00 bits per heavy atom. The van der Waals surface area contributed by atoms with Gasteiger partial charge in [-0.15, -0.1) is 0 Å². The van der Waals surface area contributed by atoms with Crippen LogP contribution in [-0.2, 0) is 26.0 Å². The summed E-state index contributed by atoms with van der Waals surface area (Å²) in [4.78, 5) is 23.7. The Bertz CT molecular complexity index is 883. The van der Waals surface area contributed by atoms with E-state index in [2.05, 4.69) is 15.6 Å². The van der Waals surface area contributed by atoms with E-state index in [1.807, 2.05) is 37.3 Å². The van der Waals surface area contributed by atoms with Crippen molar-refractivity contribution in [1.82, 2.24) is 15.6 Å². The van der Waals surface area contributed by atoms with Crippen molar-refractivity contribution in [1.29, 1.82) is 0 Å². The zero-order chi connectivity index (χ0) is 19.9.